The second-order valence-corrected chi connectivity index (χ2v) is 7.33. The summed E-state index contributed by atoms with van der Waals surface area (Å²) in [5, 5.41) is 29.4. The largest absolute Gasteiger partial charge is 0.385 e. The number of primary sulfonamides is 1. The predicted octanol–water partition coefficient (Wildman–Crippen LogP) is 1.95. The SMILES string of the molecule is CC(O)(CCNc1ccc([N+](=O)[O-])cc1S(N)(=O)=O)c1ccccc1. The molecule has 0 aliphatic carbocycles. The molecule has 0 saturated heterocycles. The van der Waals surface area contributed by atoms with Crippen LogP contribution in [0.2, 0.25) is 0 Å². The van der Waals surface area contributed by atoms with Gasteiger partial charge in [0, 0.05) is 18.7 Å². The monoisotopic (exact) mass is 365 g/mol. The Kier molecular flexibility index (Phi) is 5.41. The number of anilines is 1. The van der Waals surface area contributed by atoms with Crippen LogP contribution >= 0.6 is 0 Å². The van der Waals surface area contributed by atoms with Gasteiger partial charge in [-0.3, -0.25) is 10.1 Å². The van der Waals surface area contributed by atoms with Crippen LogP contribution in [-0.2, 0) is 15.6 Å². The highest BCUT2D eigenvalue weighted by atomic mass is 32.2. The molecule has 9 heteroatoms. The highest BCUT2D eigenvalue weighted by Gasteiger charge is 2.23. The van der Waals surface area contributed by atoms with Crippen molar-refractivity contribution >= 4 is 21.4 Å². The molecule has 25 heavy (non-hydrogen) atoms. The van der Waals surface area contributed by atoms with E-state index in [0.717, 1.165) is 11.6 Å². The first-order valence-corrected chi connectivity index (χ1v) is 8.99. The van der Waals surface area contributed by atoms with E-state index < -0.39 is 20.5 Å². The molecule has 4 N–H and O–H groups in total. The van der Waals surface area contributed by atoms with Crippen molar-refractivity contribution in [2.45, 2.75) is 23.8 Å². The van der Waals surface area contributed by atoms with E-state index >= 15 is 0 Å². The van der Waals surface area contributed by atoms with Crippen LogP contribution in [0.25, 0.3) is 0 Å². The third-order valence-electron chi connectivity index (χ3n) is 3.81. The third-order valence-corrected chi connectivity index (χ3v) is 4.76. The molecule has 0 bridgehead atoms. The molecule has 0 amide bonds. The molecule has 0 aromatic heterocycles. The van der Waals surface area contributed by atoms with Crippen LogP contribution in [0.4, 0.5) is 11.4 Å². The van der Waals surface area contributed by atoms with Crippen LogP contribution in [-0.4, -0.2) is 25.0 Å². The summed E-state index contributed by atoms with van der Waals surface area (Å²) in [4.78, 5) is 9.75. The van der Waals surface area contributed by atoms with Gasteiger partial charge in [0.1, 0.15) is 4.90 Å². The summed E-state index contributed by atoms with van der Waals surface area (Å²) in [6.07, 6.45) is 0.290. The molecule has 2 aromatic rings. The summed E-state index contributed by atoms with van der Waals surface area (Å²) in [5.41, 5.74) is -0.605. The quantitative estimate of drug-likeness (QED) is 0.507. The Bertz CT molecular complexity index is 867. The molecule has 1 atom stereocenters. The summed E-state index contributed by atoms with van der Waals surface area (Å²) < 4.78 is 23.4. The maximum absolute atomic E-state index is 11.7. The lowest BCUT2D eigenvalue weighted by Crippen LogP contribution is -2.25. The molecule has 0 saturated carbocycles. The van der Waals surface area contributed by atoms with Gasteiger partial charge < -0.3 is 10.4 Å². The van der Waals surface area contributed by atoms with E-state index in [2.05, 4.69) is 5.32 Å². The van der Waals surface area contributed by atoms with Gasteiger partial charge in [-0.15, -0.1) is 0 Å². The molecular weight excluding hydrogens is 346 g/mol. The molecular formula is C16H19N3O5S. The number of benzene rings is 2. The van der Waals surface area contributed by atoms with Gasteiger partial charge in [0.05, 0.1) is 16.2 Å². The molecule has 0 heterocycles. The summed E-state index contributed by atoms with van der Waals surface area (Å²) in [7, 11) is -4.14. The Labute approximate surface area is 145 Å². The lowest BCUT2D eigenvalue weighted by molar-refractivity contribution is -0.385. The summed E-state index contributed by atoms with van der Waals surface area (Å²) in [5.74, 6) is 0. The van der Waals surface area contributed by atoms with Gasteiger partial charge in [-0.1, -0.05) is 30.3 Å². The second-order valence-electron chi connectivity index (χ2n) is 5.80. The van der Waals surface area contributed by atoms with E-state index in [4.69, 9.17) is 5.14 Å². The van der Waals surface area contributed by atoms with Crippen molar-refractivity contribution in [3.05, 3.63) is 64.2 Å². The molecule has 0 radical (unpaired) electrons. The minimum Gasteiger partial charge on any atom is -0.385 e. The van der Waals surface area contributed by atoms with Crippen molar-refractivity contribution in [2.24, 2.45) is 5.14 Å². The summed E-state index contributed by atoms with van der Waals surface area (Å²) in [6, 6.07) is 12.4. The normalized spacial score (nSPS) is 13.9. The Morgan fingerprint density at radius 2 is 1.88 bits per heavy atom. The van der Waals surface area contributed by atoms with Crippen LogP contribution in [0.15, 0.2) is 53.4 Å². The lowest BCUT2D eigenvalue weighted by atomic mass is 9.92. The van der Waals surface area contributed by atoms with Gasteiger partial charge in [0.25, 0.3) is 5.69 Å². The minimum absolute atomic E-state index is 0.150. The summed E-state index contributed by atoms with van der Waals surface area (Å²) in [6.45, 7) is 1.89. The number of nitrogens with zero attached hydrogens (tertiary/aromatic N) is 1. The van der Waals surface area contributed by atoms with Gasteiger partial charge in [0.15, 0.2) is 0 Å². The van der Waals surface area contributed by atoms with Crippen molar-refractivity contribution < 1.29 is 18.4 Å². The molecule has 0 aliphatic heterocycles. The average Bonchev–Trinajstić information content (AvgIpc) is 2.54. The summed E-state index contributed by atoms with van der Waals surface area (Å²) >= 11 is 0. The number of sulfonamides is 1. The van der Waals surface area contributed by atoms with E-state index in [1.807, 2.05) is 18.2 Å². The zero-order chi connectivity index (χ0) is 18.7. The molecule has 1 unspecified atom stereocenters. The van der Waals surface area contributed by atoms with Crippen LogP contribution in [0, 0.1) is 10.1 Å². The number of nitrogens with one attached hydrogen (secondary N) is 1. The lowest BCUT2D eigenvalue weighted by Gasteiger charge is -2.24. The number of nitrogens with two attached hydrogens (primary N) is 1. The number of nitro groups is 1. The van der Waals surface area contributed by atoms with Gasteiger partial charge in [0.2, 0.25) is 10.0 Å². The van der Waals surface area contributed by atoms with Crippen LogP contribution in [0.3, 0.4) is 0 Å². The van der Waals surface area contributed by atoms with Crippen molar-refractivity contribution in [3.63, 3.8) is 0 Å². The maximum Gasteiger partial charge on any atom is 0.270 e. The Balaban J connectivity index is 2.17. The number of nitro benzene ring substituents is 1. The molecule has 2 rings (SSSR count). The topological polar surface area (TPSA) is 136 Å². The molecule has 0 fully saturated rings. The number of aliphatic hydroxyl groups is 1. The number of non-ortho nitro benzene ring substituents is 1. The van der Waals surface area contributed by atoms with Crippen LogP contribution in [0.1, 0.15) is 18.9 Å². The predicted molar refractivity (Wildman–Crippen MR) is 93.6 cm³/mol. The van der Waals surface area contributed by atoms with Gasteiger partial charge in [-0.25, -0.2) is 13.6 Å². The zero-order valence-corrected chi connectivity index (χ0v) is 14.4. The first-order valence-electron chi connectivity index (χ1n) is 7.44. The fourth-order valence-corrected chi connectivity index (χ4v) is 3.12. The highest BCUT2D eigenvalue weighted by molar-refractivity contribution is 7.89. The van der Waals surface area contributed by atoms with E-state index in [1.54, 1.807) is 19.1 Å². The minimum atomic E-state index is -4.14. The van der Waals surface area contributed by atoms with Gasteiger partial charge in [-0.05, 0) is 25.0 Å². The standard InChI is InChI=1S/C16H19N3O5S/c1-16(20,12-5-3-2-4-6-12)9-10-18-14-8-7-13(19(21)22)11-15(14)25(17,23)24/h2-8,11,18,20H,9-10H2,1H3,(H2,17,23,24). The third kappa shape index (κ3) is 4.75. The molecule has 0 spiro atoms. The van der Waals surface area contributed by atoms with E-state index in [-0.39, 0.29) is 29.2 Å². The molecule has 8 nitrogen and oxygen atoms in total. The zero-order valence-electron chi connectivity index (χ0n) is 13.5. The van der Waals surface area contributed by atoms with E-state index in [1.165, 1.54) is 12.1 Å². The van der Waals surface area contributed by atoms with Crippen molar-refractivity contribution in [1.82, 2.24) is 0 Å². The van der Waals surface area contributed by atoms with Gasteiger partial charge >= 0.3 is 0 Å². The van der Waals surface area contributed by atoms with E-state index in [9.17, 15) is 23.6 Å². The second kappa shape index (κ2) is 7.18. The highest BCUT2D eigenvalue weighted by Crippen LogP contribution is 2.27. The fraction of sp³-hybridized carbons (Fsp3) is 0.250. The van der Waals surface area contributed by atoms with Crippen molar-refractivity contribution in [1.29, 1.82) is 0 Å². The number of hydrogen-bond donors (Lipinski definition) is 3. The Hall–Kier alpha value is -2.49. The van der Waals surface area contributed by atoms with E-state index in [0.29, 0.717) is 0 Å². The molecule has 134 valence electrons. The first-order chi connectivity index (χ1) is 11.6. The number of rotatable bonds is 7. The molecule has 2 aromatic carbocycles. The van der Waals surface area contributed by atoms with Crippen molar-refractivity contribution in [2.75, 3.05) is 11.9 Å². The maximum atomic E-state index is 11.7. The Morgan fingerprint density at radius 3 is 2.44 bits per heavy atom. The van der Waals surface area contributed by atoms with Gasteiger partial charge in [-0.2, -0.15) is 0 Å². The first kappa shape index (κ1) is 18.8. The van der Waals surface area contributed by atoms with Crippen molar-refractivity contribution in [3.8, 4) is 0 Å². The van der Waals surface area contributed by atoms with Crippen LogP contribution < -0.4 is 10.5 Å². The average molecular weight is 365 g/mol. The smallest absolute Gasteiger partial charge is 0.270 e. The van der Waals surface area contributed by atoms with Crippen LogP contribution in [0.5, 0.6) is 0 Å². The number of hydrogen-bond acceptors (Lipinski definition) is 6. The fourth-order valence-electron chi connectivity index (χ4n) is 2.39. The Morgan fingerprint density at radius 1 is 1.24 bits per heavy atom. The molecule has 0 aliphatic rings.